The minimum atomic E-state index is -0.450. The zero-order valence-corrected chi connectivity index (χ0v) is 6.97. The minimum absolute atomic E-state index is 0.243. The monoisotopic (exact) mass is 166 g/mol. The van der Waals surface area contributed by atoms with Gasteiger partial charge in [0.15, 0.2) is 0 Å². The maximum atomic E-state index is 12.9. The second-order valence-corrected chi connectivity index (χ2v) is 3.34. The lowest BCUT2D eigenvalue weighted by molar-refractivity contribution is 0.179. The molecular weight excluding hydrogens is 155 g/mol. The number of hydrogen-bond donors (Lipinski definition) is 1. The lowest BCUT2D eigenvalue weighted by Crippen LogP contribution is -1.93. The molecular formula is C10H11FO. The number of aliphatic hydroxyl groups excluding tert-OH is 1. The standard InChI is InChI=1S/C10H11FO/c1-6-4-7(11)5-9-8(6)2-3-10(9)12/h4-5,10,12H,2-3H2,1H3. The van der Waals surface area contributed by atoms with Crippen molar-refractivity contribution in [3.63, 3.8) is 0 Å². The summed E-state index contributed by atoms with van der Waals surface area (Å²) in [6.07, 6.45) is 1.16. The van der Waals surface area contributed by atoms with Crippen LogP contribution in [0.5, 0.6) is 0 Å². The Labute approximate surface area is 70.8 Å². The molecule has 0 radical (unpaired) electrons. The fraction of sp³-hybridized carbons (Fsp3) is 0.400. The SMILES string of the molecule is Cc1cc(F)cc2c1CCC2O. The van der Waals surface area contributed by atoms with E-state index in [0.29, 0.717) is 0 Å². The van der Waals surface area contributed by atoms with Gasteiger partial charge < -0.3 is 5.11 Å². The van der Waals surface area contributed by atoms with E-state index in [1.807, 2.05) is 6.92 Å². The molecule has 1 unspecified atom stereocenters. The van der Waals surface area contributed by atoms with Crippen molar-refractivity contribution in [2.24, 2.45) is 0 Å². The summed E-state index contributed by atoms with van der Waals surface area (Å²) < 4.78 is 12.9. The van der Waals surface area contributed by atoms with Crippen LogP contribution in [0.2, 0.25) is 0 Å². The van der Waals surface area contributed by atoms with Crippen LogP contribution in [0.25, 0.3) is 0 Å². The van der Waals surface area contributed by atoms with E-state index in [4.69, 9.17) is 0 Å². The van der Waals surface area contributed by atoms with E-state index >= 15 is 0 Å². The summed E-state index contributed by atoms with van der Waals surface area (Å²) in [7, 11) is 0. The van der Waals surface area contributed by atoms with Gasteiger partial charge in [-0.25, -0.2) is 4.39 Å². The van der Waals surface area contributed by atoms with Crippen molar-refractivity contribution in [1.29, 1.82) is 0 Å². The fourth-order valence-electron chi connectivity index (χ4n) is 1.87. The number of fused-ring (bicyclic) bond motifs is 1. The molecule has 2 rings (SSSR count). The summed E-state index contributed by atoms with van der Waals surface area (Å²) in [5.74, 6) is -0.243. The fourth-order valence-corrected chi connectivity index (χ4v) is 1.87. The lowest BCUT2D eigenvalue weighted by atomic mass is 10.0. The molecule has 1 nitrogen and oxygen atoms in total. The van der Waals surface area contributed by atoms with Crippen LogP contribution in [-0.2, 0) is 6.42 Å². The molecule has 0 aromatic heterocycles. The van der Waals surface area contributed by atoms with Crippen molar-refractivity contribution < 1.29 is 9.50 Å². The van der Waals surface area contributed by atoms with Gasteiger partial charge in [-0.05, 0) is 48.6 Å². The van der Waals surface area contributed by atoms with Gasteiger partial charge in [0.2, 0.25) is 0 Å². The first-order chi connectivity index (χ1) is 5.68. The van der Waals surface area contributed by atoms with Gasteiger partial charge in [0.05, 0.1) is 6.10 Å². The molecule has 1 aliphatic carbocycles. The van der Waals surface area contributed by atoms with Gasteiger partial charge >= 0.3 is 0 Å². The minimum Gasteiger partial charge on any atom is -0.388 e. The second kappa shape index (κ2) is 2.56. The van der Waals surface area contributed by atoms with Gasteiger partial charge in [0.25, 0.3) is 0 Å². The molecule has 1 aromatic rings. The Morgan fingerprint density at radius 2 is 2.25 bits per heavy atom. The zero-order valence-electron chi connectivity index (χ0n) is 6.97. The van der Waals surface area contributed by atoms with Crippen LogP contribution in [0.4, 0.5) is 4.39 Å². The van der Waals surface area contributed by atoms with E-state index in [9.17, 15) is 9.50 Å². The third-order valence-electron chi connectivity index (χ3n) is 2.50. The molecule has 0 amide bonds. The smallest absolute Gasteiger partial charge is 0.123 e. The van der Waals surface area contributed by atoms with E-state index < -0.39 is 6.10 Å². The Balaban J connectivity index is 2.60. The number of halogens is 1. The average Bonchev–Trinajstić information content (AvgIpc) is 2.33. The van der Waals surface area contributed by atoms with Gasteiger partial charge in [0, 0.05) is 0 Å². The van der Waals surface area contributed by atoms with Crippen LogP contribution in [0, 0.1) is 12.7 Å². The molecule has 64 valence electrons. The first kappa shape index (κ1) is 7.74. The molecule has 12 heavy (non-hydrogen) atoms. The van der Waals surface area contributed by atoms with Crippen molar-refractivity contribution in [1.82, 2.24) is 0 Å². The Morgan fingerprint density at radius 3 is 3.00 bits per heavy atom. The van der Waals surface area contributed by atoms with Crippen LogP contribution in [-0.4, -0.2) is 5.11 Å². The highest BCUT2D eigenvalue weighted by Gasteiger charge is 2.22. The van der Waals surface area contributed by atoms with Crippen LogP contribution in [0.15, 0.2) is 12.1 Å². The van der Waals surface area contributed by atoms with Crippen molar-refractivity contribution in [3.05, 3.63) is 34.6 Å². The van der Waals surface area contributed by atoms with E-state index in [1.165, 1.54) is 12.1 Å². The number of rotatable bonds is 0. The summed E-state index contributed by atoms with van der Waals surface area (Å²) in [6.45, 7) is 1.89. The summed E-state index contributed by atoms with van der Waals surface area (Å²) in [5.41, 5.74) is 2.87. The summed E-state index contributed by atoms with van der Waals surface area (Å²) in [5, 5.41) is 9.46. The Hall–Kier alpha value is -0.890. The van der Waals surface area contributed by atoms with E-state index in [-0.39, 0.29) is 5.82 Å². The zero-order chi connectivity index (χ0) is 8.72. The second-order valence-electron chi connectivity index (χ2n) is 3.34. The maximum absolute atomic E-state index is 12.9. The molecule has 0 spiro atoms. The van der Waals surface area contributed by atoms with Gasteiger partial charge in [-0.1, -0.05) is 0 Å². The van der Waals surface area contributed by atoms with E-state index in [2.05, 4.69) is 0 Å². The molecule has 0 fully saturated rings. The lowest BCUT2D eigenvalue weighted by Gasteiger charge is -2.05. The van der Waals surface area contributed by atoms with Crippen LogP contribution in [0.1, 0.15) is 29.2 Å². The summed E-state index contributed by atoms with van der Waals surface area (Å²) >= 11 is 0. The van der Waals surface area contributed by atoms with Crippen molar-refractivity contribution in [3.8, 4) is 0 Å². The normalized spacial score (nSPS) is 21.1. The van der Waals surface area contributed by atoms with Crippen LogP contribution in [0.3, 0.4) is 0 Å². The van der Waals surface area contributed by atoms with Gasteiger partial charge in [-0.15, -0.1) is 0 Å². The largest absolute Gasteiger partial charge is 0.388 e. The van der Waals surface area contributed by atoms with Crippen LogP contribution >= 0.6 is 0 Å². The Bertz CT molecular complexity index is 320. The predicted molar refractivity (Wildman–Crippen MR) is 44.4 cm³/mol. The van der Waals surface area contributed by atoms with Crippen molar-refractivity contribution >= 4 is 0 Å². The molecule has 1 aliphatic rings. The highest BCUT2D eigenvalue weighted by molar-refractivity contribution is 5.39. The number of aryl methyl sites for hydroxylation is 1. The first-order valence-electron chi connectivity index (χ1n) is 4.15. The summed E-state index contributed by atoms with van der Waals surface area (Å²) in [4.78, 5) is 0. The molecule has 1 N–H and O–H groups in total. The topological polar surface area (TPSA) is 20.2 Å². The molecule has 1 aromatic carbocycles. The number of hydrogen-bond acceptors (Lipinski definition) is 1. The molecule has 0 aliphatic heterocycles. The quantitative estimate of drug-likeness (QED) is 0.625. The molecule has 0 saturated carbocycles. The first-order valence-corrected chi connectivity index (χ1v) is 4.15. The predicted octanol–water partition coefficient (Wildman–Crippen LogP) is 2.11. The molecule has 0 bridgehead atoms. The van der Waals surface area contributed by atoms with Crippen LogP contribution < -0.4 is 0 Å². The molecule has 0 heterocycles. The van der Waals surface area contributed by atoms with Crippen molar-refractivity contribution in [2.75, 3.05) is 0 Å². The van der Waals surface area contributed by atoms with E-state index in [1.54, 1.807) is 0 Å². The Kier molecular flexibility index (Phi) is 1.65. The summed E-state index contributed by atoms with van der Waals surface area (Å²) in [6, 6.07) is 2.97. The highest BCUT2D eigenvalue weighted by Crippen LogP contribution is 2.33. The third-order valence-corrected chi connectivity index (χ3v) is 2.50. The molecule has 0 saturated heterocycles. The van der Waals surface area contributed by atoms with E-state index in [0.717, 1.165) is 29.5 Å². The molecule has 1 atom stereocenters. The third kappa shape index (κ3) is 1.03. The van der Waals surface area contributed by atoms with Gasteiger partial charge in [-0.2, -0.15) is 0 Å². The number of benzene rings is 1. The van der Waals surface area contributed by atoms with Crippen molar-refractivity contribution in [2.45, 2.75) is 25.9 Å². The maximum Gasteiger partial charge on any atom is 0.123 e. The average molecular weight is 166 g/mol. The number of aliphatic hydroxyl groups is 1. The highest BCUT2D eigenvalue weighted by atomic mass is 19.1. The van der Waals surface area contributed by atoms with Gasteiger partial charge in [0.1, 0.15) is 5.82 Å². The molecule has 2 heteroatoms. The Morgan fingerprint density at radius 1 is 1.50 bits per heavy atom. The van der Waals surface area contributed by atoms with Gasteiger partial charge in [-0.3, -0.25) is 0 Å².